The molecule has 1 amide bonds. The van der Waals surface area contributed by atoms with Crippen LogP contribution in [-0.4, -0.2) is 47.7 Å². The second-order valence-corrected chi connectivity index (χ2v) is 6.28. The Hall–Kier alpha value is -4.48. The molecule has 12 heteroatoms. The smallest absolute Gasteiger partial charge is 0.409 e. The molecule has 3 N–H and O–H groups in total. The van der Waals surface area contributed by atoms with E-state index in [9.17, 15) is 9.18 Å². The van der Waals surface area contributed by atoms with Crippen molar-refractivity contribution < 1.29 is 23.4 Å². The van der Waals surface area contributed by atoms with Gasteiger partial charge in [-0.25, -0.2) is 24.1 Å². The van der Waals surface area contributed by atoms with Crippen molar-refractivity contribution in [1.82, 2.24) is 20.3 Å². The topological polar surface area (TPSA) is 132 Å². The largest absolute Gasteiger partial charge is 0.484 e. The van der Waals surface area contributed by atoms with Crippen molar-refractivity contribution in [3.05, 3.63) is 48.5 Å². The van der Waals surface area contributed by atoms with E-state index in [4.69, 9.17) is 14.2 Å². The van der Waals surface area contributed by atoms with Crippen LogP contribution in [0.5, 0.6) is 11.5 Å². The zero-order chi connectivity index (χ0) is 22.3. The van der Waals surface area contributed by atoms with Gasteiger partial charge in [0.05, 0.1) is 18.1 Å². The van der Waals surface area contributed by atoms with E-state index < -0.39 is 11.9 Å². The highest BCUT2D eigenvalue weighted by atomic mass is 19.1. The molecule has 0 unspecified atom stereocenters. The second kappa shape index (κ2) is 9.55. The number of hydrogen-bond donors (Lipinski definition) is 3. The van der Waals surface area contributed by atoms with Gasteiger partial charge in [-0.15, -0.1) is 0 Å². The molecule has 0 fully saturated rings. The van der Waals surface area contributed by atoms with Crippen molar-refractivity contribution in [2.24, 2.45) is 4.99 Å². The molecule has 0 atom stereocenters. The van der Waals surface area contributed by atoms with Crippen LogP contribution in [-0.2, 0) is 4.74 Å². The number of hydrogen-bond acceptors (Lipinski definition) is 10. The van der Waals surface area contributed by atoms with Crippen LogP contribution < -0.4 is 25.4 Å². The Balaban J connectivity index is 1.44. The van der Waals surface area contributed by atoms with Gasteiger partial charge in [0, 0.05) is 31.1 Å². The zero-order valence-corrected chi connectivity index (χ0v) is 16.8. The molecule has 1 aliphatic rings. The summed E-state index contributed by atoms with van der Waals surface area (Å²) in [5, 5.41) is 8.15. The fraction of sp³-hybridized carbons (Fsp3) is 0.150. The predicted molar refractivity (Wildman–Crippen MR) is 114 cm³/mol. The third-order valence-electron chi connectivity index (χ3n) is 4.08. The fourth-order valence-corrected chi connectivity index (χ4v) is 2.63. The van der Waals surface area contributed by atoms with Gasteiger partial charge in [0.2, 0.25) is 12.7 Å². The number of aromatic nitrogens is 3. The number of anilines is 4. The minimum absolute atomic E-state index is 0.0463. The number of ether oxygens (including phenoxy) is 3. The number of aliphatic imine (C=N–C) groups is 1. The highest BCUT2D eigenvalue weighted by Gasteiger charge is 2.12. The van der Waals surface area contributed by atoms with E-state index in [0.29, 0.717) is 35.3 Å². The summed E-state index contributed by atoms with van der Waals surface area (Å²) in [6, 6.07) is 8.47. The summed E-state index contributed by atoms with van der Waals surface area (Å²) < 4.78 is 29.9. The molecule has 0 spiro atoms. The van der Waals surface area contributed by atoms with Crippen LogP contribution in [0.25, 0.3) is 0 Å². The van der Waals surface area contributed by atoms with E-state index in [1.807, 2.05) is 0 Å². The molecule has 32 heavy (non-hydrogen) atoms. The van der Waals surface area contributed by atoms with Gasteiger partial charge in [-0.3, -0.25) is 0 Å². The molecule has 0 bridgehead atoms. The lowest BCUT2D eigenvalue weighted by molar-refractivity contribution is 0.0608. The van der Waals surface area contributed by atoms with E-state index in [1.54, 1.807) is 36.5 Å². The first-order valence-electron chi connectivity index (χ1n) is 9.40. The van der Waals surface area contributed by atoms with Crippen molar-refractivity contribution >= 4 is 41.3 Å². The number of halogens is 1. The molecule has 2 aromatic heterocycles. The summed E-state index contributed by atoms with van der Waals surface area (Å²) >= 11 is 0. The Labute approximate surface area is 181 Å². The highest BCUT2D eigenvalue weighted by molar-refractivity contribution is 5.71. The Morgan fingerprint density at radius 3 is 2.97 bits per heavy atom. The summed E-state index contributed by atoms with van der Waals surface area (Å²) in [5.74, 6) is 0.852. The molecule has 0 saturated carbocycles. The number of amides is 1. The molecular weight excluding hydrogens is 421 g/mol. The average molecular weight is 439 g/mol. The lowest BCUT2D eigenvalue weighted by atomic mass is 10.3. The van der Waals surface area contributed by atoms with Gasteiger partial charge >= 0.3 is 6.09 Å². The number of fused-ring (bicyclic) bond motifs is 1. The van der Waals surface area contributed by atoms with Gasteiger partial charge in [-0.2, -0.15) is 4.98 Å². The number of alkyl carbamates (subject to hydrolysis) is 1. The summed E-state index contributed by atoms with van der Waals surface area (Å²) in [5.41, 5.74) is 1.07. The molecule has 1 aliphatic heterocycles. The zero-order valence-electron chi connectivity index (χ0n) is 16.8. The molecular formula is C20H18FN7O4. The Kier molecular flexibility index (Phi) is 6.20. The molecule has 3 heterocycles. The number of carbonyl (C=O) groups excluding carboxylic acids is 1. The van der Waals surface area contributed by atoms with E-state index >= 15 is 0 Å². The van der Waals surface area contributed by atoms with Crippen LogP contribution in [0.15, 0.2) is 47.7 Å². The Bertz CT molecular complexity index is 1160. The minimum atomic E-state index is -0.643. The maximum atomic E-state index is 14.3. The maximum absolute atomic E-state index is 14.3. The van der Waals surface area contributed by atoms with Crippen molar-refractivity contribution in [3.63, 3.8) is 0 Å². The minimum Gasteiger partial charge on any atom is -0.484 e. The first-order valence-corrected chi connectivity index (χ1v) is 9.40. The van der Waals surface area contributed by atoms with E-state index in [0.717, 1.165) is 6.20 Å². The molecule has 1 aromatic carbocycles. The van der Waals surface area contributed by atoms with Crippen LogP contribution in [0.1, 0.15) is 0 Å². The van der Waals surface area contributed by atoms with Crippen LogP contribution in [0.2, 0.25) is 0 Å². The highest BCUT2D eigenvalue weighted by Crippen LogP contribution is 2.31. The quantitative estimate of drug-likeness (QED) is 0.474. The second-order valence-electron chi connectivity index (χ2n) is 6.28. The molecule has 0 radical (unpaired) electrons. The third-order valence-corrected chi connectivity index (χ3v) is 4.08. The van der Waals surface area contributed by atoms with Crippen LogP contribution in [0, 0.1) is 5.82 Å². The summed E-state index contributed by atoms with van der Waals surface area (Å²) in [6.45, 7) is 0.0862. The maximum Gasteiger partial charge on any atom is 0.409 e. The standard InChI is InChI=1S/C20H18FN7O4/c1-22-20(29)32-11-31-14-4-2-3-12(7-14)27-19-25-10-15(21)17(28-19)26-13-8-16-18(24-9-13)23-5-6-30-16/h2-5,7-10H,6,11H2,1H3,(H,22,29)(H2,25,26,27,28). The van der Waals surface area contributed by atoms with Gasteiger partial charge in [0.25, 0.3) is 0 Å². The molecule has 0 aliphatic carbocycles. The lowest BCUT2D eigenvalue weighted by Crippen LogP contribution is -2.21. The van der Waals surface area contributed by atoms with Gasteiger partial charge in [-0.1, -0.05) is 6.07 Å². The van der Waals surface area contributed by atoms with Crippen molar-refractivity contribution in [3.8, 4) is 11.5 Å². The predicted octanol–water partition coefficient (Wildman–Crippen LogP) is 3.28. The number of carbonyl (C=O) groups is 1. The van der Waals surface area contributed by atoms with E-state index in [1.165, 1.54) is 13.2 Å². The molecule has 0 saturated heterocycles. The fourth-order valence-electron chi connectivity index (χ4n) is 2.63. The molecule has 4 rings (SSSR count). The monoisotopic (exact) mass is 439 g/mol. The van der Waals surface area contributed by atoms with Crippen molar-refractivity contribution in [1.29, 1.82) is 0 Å². The number of nitrogens with one attached hydrogen (secondary N) is 3. The van der Waals surface area contributed by atoms with Gasteiger partial charge < -0.3 is 30.2 Å². The summed E-state index contributed by atoms with van der Waals surface area (Å²) in [7, 11) is 1.45. The number of benzene rings is 1. The van der Waals surface area contributed by atoms with E-state index in [-0.39, 0.29) is 18.6 Å². The first kappa shape index (κ1) is 20.8. The van der Waals surface area contributed by atoms with E-state index in [2.05, 4.69) is 35.9 Å². The molecule has 3 aromatic rings. The Morgan fingerprint density at radius 2 is 2.09 bits per heavy atom. The third kappa shape index (κ3) is 5.16. The number of rotatable bonds is 7. The van der Waals surface area contributed by atoms with Crippen LogP contribution in [0.3, 0.4) is 0 Å². The number of nitrogens with zero attached hydrogens (tertiary/aromatic N) is 4. The SMILES string of the molecule is CNC(=O)OCOc1cccc(Nc2ncc(F)c(Nc3cnc4c(c3)OCC=N4)n2)c1. The van der Waals surface area contributed by atoms with Gasteiger partial charge in [0.1, 0.15) is 12.4 Å². The Morgan fingerprint density at radius 1 is 1.19 bits per heavy atom. The first-order chi connectivity index (χ1) is 15.6. The van der Waals surface area contributed by atoms with Crippen LogP contribution >= 0.6 is 0 Å². The molecule has 164 valence electrons. The van der Waals surface area contributed by atoms with Crippen LogP contribution in [0.4, 0.5) is 38.1 Å². The normalized spacial score (nSPS) is 11.7. The van der Waals surface area contributed by atoms with Crippen molar-refractivity contribution in [2.45, 2.75) is 0 Å². The summed E-state index contributed by atoms with van der Waals surface area (Å²) in [4.78, 5) is 27.5. The molecule has 11 nitrogen and oxygen atoms in total. The summed E-state index contributed by atoms with van der Waals surface area (Å²) in [6.07, 6.45) is 3.55. The number of pyridine rings is 1. The van der Waals surface area contributed by atoms with Crippen molar-refractivity contribution in [2.75, 3.05) is 31.1 Å². The average Bonchev–Trinajstić information content (AvgIpc) is 2.81. The van der Waals surface area contributed by atoms with Gasteiger partial charge in [0.15, 0.2) is 23.2 Å². The van der Waals surface area contributed by atoms with Gasteiger partial charge in [-0.05, 0) is 12.1 Å². The lowest BCUT2D eigenvalue weighted by Gasteiger charge is -2.13.